The summed E-state index contributed by atoms with van der Waals surface area (Å²) in [5.74, 6) is -1.41. The van der Waals surface area contributed by atoms with Crippen molar-refractivity contribution in [2.24, 2.45) is 5.92 Å². The first-order chi connectivity index (χ1) is 10.8. The summed E-state index contributed by atoms with van der Waals surface area (Å²) in [7, 11) is 1.63. The molecule has 0 radical (unpaired) electrons. The highest BCUT2D eigenvalue weighted by Gasteiger charge is 2.21. The molecule has 2 aromatic carbocycles. The summed E-state index contributed by atoms with van der Waals surface area (Å²) in [5.41, 5.74) is 1.87. The van der Waals surface area contributed by atoms with Crippen LogP contribution in [0.5, 0.6) is 0 Å². The van der Waals surface area contributed by atoms with Crippen LogP contribution in [0.15, 0.2) is 42.5 Å². The Hall–Kier alpha value is -2.33. The number of hydrogen-bond donors (Lipinski definition) is 1. The number of hydrogen-bond acceptors (Lipinski definition) is 2. The Morgan fingerprint density at radius 3 is 2.26 bits per heavy atom. The van der Waals surface area contributed by atoms with Crippen molar-refractivity contribution >= 4 is 29.2 Å². The Bertz CT molecular complexity index is 741. The molecule has 4 nitrogen and oxygen atoms in total. The SMILES string of the molecule is CC(C)C(=O)N(C)c1cc(C(=O)O)c(Cl)c(-c2ccccc2)c1. The fraction of sp³-hybridized carbons (Fsp3) is 0.222. The Kier molecular flexibility index (Phi) is 5.06. The van der Waals surface area contributed by atoms with Crippen LogP contribution in [0.25, 0.3) is 11.1 Å². The zero-order valence-electron chi connectivity index (χ0n) is 13.2. The maximum atomic E-state index is 12.2. The number of benzene rings is 2. The molecule has 0 heterocycles. The maximum Gasteiger partial charge on any atom is 0.337 e. The highest BCUT2D eigenvalue weighted by atomic mass is 35.5. The molecule has 1 amide bonds. The minimum Gasteiger partial charge on any atom is -0.478 e. The number of aromatic carboxylic acids is 1. The number of nitrogens with zero attached hydrogens (tertiary/aromatic N) is 1. The van der Waals surface area contributed by atoms with Crippen molar-refractivity contribution in [3.8, 4) is 11.1 Å². The summed E-state index contributed by atoms with van der Waals surface area (Å²) in [6, 6.07) is 12.4. The standard InChI is InChI=1S/C18H18ClNO3/c1-11(2)17(21)20(3)13-9-14(12-7-5-4-6-8-12)16(19)15(10-13)18(22)23/h4-11H,1-3H3,(H,22,23). The molecule has 23 heavy (non-hydrogen) atoms. The molecule has 0 saturated carbocycles. The van der Waals surface area contributed by atoms with Crippen molar-refractivity contribution in [3.05, 3.63) is 53.1 Å². The first kappa shape index (κ1) is 17.0. The van der Waals surface area contributed by atoms with E-state index in [1.165, 1.54) is 11.0 Å². The molecule has 0 aromatic heterocycles. The van der Waals surface area contributed by atoms with Crippen LogP contribution >= 0.6 is 11.6 Å². The number of anilines is 1. The molecule has 0 spiro atoms. The highest BCUT2D eigenvalue weighted by molar-refractivity contribution is 6.36. The summed E-state index contributed by atoms with van der Waals surface area (Å²) in [5, 5.41) is 9.57. The molecule has 1 N–H and O–H groups in total. The van der Waals surface area contributed by atoms with Crippen LogP contribution in [0.4, 0.5) is 5.69 Å². The van der Waals surface area contributed by atoms with Gasteiger partial charge in [0, 0.05) is 24.2 Å². The molecule has 0 aliphatic rings. The van der Waals surface area contributed by atoms with Gasteiger partial charge in [-0.3, -0.25) is 4.79 Å². The van der Waals surface area contributed by atoms with Crippen LogP contribution in [-0.2, 0) is 4.79 Å². The van der Waals surface area contributed by atoms with Gasteiger partial charge >= 0.3 is 5.97 Å². The molecule has 0 unspecified atom stereocenters. The van der Waals surface area contributed by atoms with Gasteiger partial charge in [-0.2, -0.15) is 0 Å². The number of carbonyl (C=O) groups excluding carboxylic acids is 1. The van der Waals surface area contributed by atoms with Crippen molar-refractivity contribution in [2.75, 3.05) is 11.9 Å². The second-order valence-corrected chi connectivity index (χ2v) is 5.96. The van der Waals surface area contributed by atoms with E-state index in [0.717, 1.165) is 5.56 Å². The van der Waals surface area contributed by atoms with Crippen molar-refractivity contribution in [1.82, 2.24) is 0 Å². The van der Waals surface area contributed by atoms with Crippen molar-refractivity contribution in [2.45, 2.75) is 13.8 Å². The van der Waals surface area contributed by atoms with E-state index in [4.69, 9.17) is 11.6 Å². The summed E-state index contributed by atoms with van der Waals surface area (Å²) in [6.07, 6.45) is 0. The Labute approximate surface area is 140 Å². The molecule has 120 valence electrons. The fourth-order valence-electron chi connectivity index (χ4n) is 2.30. The smallest absolute Gasteiger partial charge is 0.337 e. The minimum atomic E-state index is -1.13. The number of halogens is 1. The lowest BCUT2D eigenvalue weighted by atomic mass is 10.0. The van der Waals surface area contributed by atoms with E-state index in [-0.39, 0.29) is 22.4 Å². The average Bonchev–Trinajstić information content (AvgIpc) is 2.54. The van der Waals surface area contributed by atoms with E-state index in [1.807, 2.05) is 30.3 Å². The first-order valence-corrected chi connectivity index (χ1v) is 7.60. The van der Waals surface area contributed by atoms with E-state index in [0.29, 0.717) is 11.3 Å². The number of amides is 1. The molecular formula is C18H18ClNO3. The second-order valence-electron chi connectivity index (χ2n) is 5.58. The number of rotatable bonds is 4. The molecule has 0 atom stereocenters. The molecule has 0 bridgehead atoms. The van der Waals surface area contributed by atoms with Crippen LogP contribution in [0.2, 0.25) is 5.02 Å². The quantitative estimate of drug-likeness (QED) is 0.907. The third kappa shape index (κ3) is 3.54. The highest BCUT2D eigenvalue weighted by Crippen LogP contribution is 2.35. The van der Waals surface area contributed by atoms with Crippen LogP contribution in [0.3, 0.4) is 0 Å². The lowest BCUT2D eigenvalue weighted by molar-refractivity contribution is -0.121. The topological polar surface area (TPSA) is 57.6 Å². The van der Waals surface area contributed by atoms with Crippen LogP contribution in [0, 0.1) is 5.92 Å². The molecule has 2 aromatic rings. The number of carboxylic acid groups (broad SMARTS) is 1. The Morgan fingerprint density at radius 2 is 1.74 bits per heavy atom. The Morgan fingerprint density at radius 1 is 1.13 bits per heavy atom. The van der Waals surface area contributed by atoms with Crippen LogP contribution in [-0.4, -0.2) is 24.0 Å². The van der Waals surface area contributed by atoms with E-state index < -0.39 is 5.97 Å². The fourth-order valence-corrected chi connectivity index (χ4v) is 2.60. The van der Waals surface area contributed by atoms with Crippen LogP contribution < -0.4 is 4.90 Å². The largest absolute Gasteiger partial charge is 0.478 e. The molecule has 0 aliphatic carbocycles. The van der Waals surface area contributed by atoms with Gasteiger partial charge in [0.1, 0.15) is 0 Å². The van der Waals surface area contributed by atoms with Crippen molar-refractivity contribution in [1.29, 1.82) is 0 Å². The summed E-state index contributed by atoms with van der Waals surface area (Å²) < 4.78 is 0. The third-order valence-electron chi connectivity index (χ3n) is 3.58. The minimum absolute atomic E-state index is 0.0218. The third-order valence-corrected chi connectivity index (χ3v) is 3.99. The summed E-state index contributed by atoms with van der Waals surface area (Å²) >= 11 is 6.27. The van der Waals surface area contributed by atoms with Crippen LogP contribution in [0.1, 0.15) is 24.2 Å². The molecule has 5 heteroatoms. The zero-order chi connectivity index (χ0) is 17.1. The first-order valence-electron chi connectivity index (χ1n) is 7.22. The maximum absolute atomic E-state index is 12.2. The van der Waals surface area contributed by atoms with Crippen molar-refractivity contribution < 1.29 is 14.7 Å². The number of carboxylic acids is 1. The molecular weight excluding hydrogens is 314 g/mol. The van der Waals surface area contributed by atoms with Gasteiger partial charge in [0.15, 0.2) is 0 Å². The zero-order valence-corrected chi connectivity index (χ0v) is 14.0. The van der Waals surface area contributed by atoms with Gasteiger partial charge in [-0.05, 0) is 17.7 Å². The predicted molar refractivity (Wildman–Crippen MR) is 92.1 cm³/mol. The van der Waals surface area contributed by atoms with E-state index in [9.17, 15) is 14.7 Å². The van der Waals surface area contributed by atoms with Gasteiger partial charge in [-0.15, -0.1) is 0 Å². The van der Waals surface area contributed by atoms with Gasteiger partial charge in [0.25, 0.3) is 0 Å². The Balaban J connectivity index is 2.64. The van der Waals surface area contributed by atoms with Gasteiger partial charge < -0.3 is 10.0 Å². The second kappa shape index (κ2) is 6.84. The van der Waals surface area contributed by atoms with Crippen molar-refractivity contribution in [3.63, 3.8) is 0 Å². The summed E-state index contributed by atoms with van der Waals surface area (Å²) in [6.45, 7) is 3.59. The molecule has 0 saturated heterocycles. The van der Waals surface area contributed by atoms with Gasteiger partial charge in [-0.25, -0.2) is 4.79 Å². The van der Waals surface area contributed by atoms with E-state index >= 15 is 0 Å². The molecule has 0 aliphatic heterocycles. The van der Waals surface area contributed by atoms with Gasteiger partial charge in [0.05, 0.1) is 10.6 Å². The van der Waals surface area contributed by atoms with E-state index in [2.05, 4.69) is 0 Å². The lowest BCUT2D eigenvalue weighted by Gasteiger charge is -2.21. The molecule has 0 fully saturated rings. The predicted octanol–water partition coefficient (Wildman–Crippen LogP) is 4.32. The lowest BCUT2D eigenvalue weighted by Crippen LogP contribution is -2.30. The van der Waals surface area contributed by atoms with Gasteiger partial charge in [-0.1, -0.05) is 55.8 Å². The average molecular weight is 332 g/mol. The summed E-state index contributed by atoms with van der Waals surface area (Å²) in [4.78, 5) is 25.2. The van der Waals surface area contributed by atoms with E-state index in [1.54, 1.807) is 27.0 Å². The number of carbonyl (C=O) groups is 2. The van der Waals surface area contributed by atoms with Gasteiger partial charge in [0.2, 0.25) is 5.91 Å². The molecule has 2 rings (SSSR count). The normalized spacial score (nSPS) is 10.7. The monoisotopic (exact) mass is 331 g/mol.